The van der Waals surface area contributed by atoms with Gasteiger partial charge in [-0.05, 0) is 29.8 Å². The van der Waals surface area contributed by atoms with Gasteiger partial charge >= 0.3 is 0 Å². The lowest BCUT2D eigenvalue weighted by Gasteiger charge is -2.36. The summed E-state index contributed by atoms with van der Waals surface area (Å²) >= 11 is 0. The van der Waals surface area contributed by atoms with E-state index in [1.165, 1.54) is 11.6 Å². The fraction of sp³-hybridized carbons (Fsp3) is 0.312. The third-order valence-electron chi connectivity index (χ3n) is 3.82. The molecule has 2 N–H and O–H groups in total. The number of benzene rings is 1. The third-order valence-corrected chi connectivity index (χ3v) is 3.82. The normalized spacial score (nSPS) is 16.1. The fourth-order valence-corrected chi connectivity index (χ4v) is 2.71. The van der Waals surface area contributed by atoms with Gasteiger partial charge in [-0.2, -0.15) is 0 Å². The Kier molecular flexibility index (Phi) is 4.01. The minimum absolute atomic E-state index is 0.146. The number of halogens is 1. The third kappa shape index (κ3) is 3.31. The van der Waals surface area contributed by atoms with Crippen molar-refractivity contribution < 1.29 is 4.39 Å². The lowest BCUT2D eigenvalue weighted by molar-refractivity contribution is 0.249. The topological polar surface area (TPSA) is 45.4 Å². The van der Waals surface area contributed by atoms with E-state index in [4.69, 9.17) is 5.73 Å². The summed E-state index contributed by atoms with van der Waals surface area (Å²) in [6.45, 7) is 4.36. The van der Waals surface area contributed by atoms with E-state index in [9.17, 15) is 4.39 Å². The fourth-order valence-electron chi connectivity index (χ4n) is 2.71. The Morgan fingerprint density at radius 3 is 2.57 bits per heavy atom. The minimum atomic E-state index is -0.146. The molecule has 1 saturated heterocycles. The molecule has 1 aliphatic rings. The summed E-state index contributed by atoms with van der Waals surface area (Å²) in [7, 11) is 0. The molecule has 5 heteroatoms. The largest absolute Gasteiger partial charge is 0.384 e. The zero-order valence-corrected chi connectivity index (χ0v) is 11.9. The first-order valence-electron chi connectivity index (χ1n) is 7.14. The zero-order chi connectivity index (χ0) is 14.7. The molecule has 1 aliphatic heterocycles. The van der Waals surface area contributed by atoms with Crippen LogP contribution in [0.15, 0.2) is 42.6 Å². The number of para-hydroxylation sites is 1. The van der Waals surface area contributed by atoms with Crippen LogP contribution < -0.4 is 10.6 Å². The van der Waals surface area contributed by atoms with E-state index >= 15 is 0 Å². The van der Waals surface area contributed by atoms with Crippen molar-refractivity contribution in [3.05, 3.63) is 54.0 Å². The van der Waals surface area contributed by atoms with E-state index in [2.05, 4.69) is 14.8 Å². The summed E-state index contributed by atoms with van der Waals surface area (Å²) in [5.74, 6) is 0.408. The van der Waals surface area contributed by atoms with Gasteiger partial charge in [0, 0.05) is 38.9 Å². The van der Waals surface area contributed by atoms with E-state index in [0.717, 1.165) is 32.7 Å². The van der Waals surface area contributed by atoms with E-state index in [-0.39, 0.29) is 5.82 Å². The molecule has 2 aromatic rings. The van der Waals surface area contributed by atoms with E-state index in [0.29, 0.717) is 11.5 Å². The number of piperazine rings is 1. The van der Waals surface area contributed by atoms with Crippen molar-refractivity contribution in [1.29, 1.82) is 0 Å². The molecule has 1 fully saturated rings. The van der Waals surface area contributed by atoms with Crippen LogP contribution in [0.2, 0.25) is 0 Å². The first kappa shape index (κ1) is 13.8. The monoisotopic (exact) mass is 286 g/mol. The molecule has 0 amide bonds. The molecule has 0 radical (unpaired) electrons. The minimum Gasteiger partial charge on any atom is -0.384 e. The number of nitrogens with two attached hydrogens (primary N) is 1. The number of nitrogen functional groups attached to an aromatic ring is 1. The Balaban J connectivity index is 1.59. The first-order valence-corrected chi connectivity index (χ1v) is 7.14. The van der Waals surface area contributed by atoms with Crippen LogP contribution in [0, 0.1) is 5.82 Å². The maximum absolute atomic E-state index is 13.8. The molecule has 0 unspecified atom stereocenters. The number of hydrogen-bond donors (Lipinski definition) is 1. The predicted molar refractivity (Wildman–Crippen MR) is 82.5 cm³/mol. The summed E-state index contributed by atoms with van der Waals surface area (Å²) in [5.41, 5.74) is 7.57. The number of anilines is 2. The number of hydrogen-bond acceptors (Lipinski definition) is 4. The van der Waals surface area contributed by atoms with Gasteiger partial charge in [-0.1, -0.05) is 12.1 Å². The van der Waals surface area contributed by atoms with Crippen LogP contribution in [0.1, 0.15) is 5.56 Å². The van der Waals surface area contributed by atoms with Crippen molar-refractivity contribution in [3.63, 3.8) is 0 Å². The molecule has 0 spiro atoms. The molecule has 4 nitrogen and oxygen atoms in total. The van der Waals surface area contributed by atoms with Crippen molar-refractivity contribution in [3.8, 4) is 0 Å². The summed E-state index contributed by atoms with van der Waals surface area (Å²) in [5, 5.41) is 0. The standard InChI is InChI=1S/C16H19FN4/c17-14-3-1-2-4-15(14)21-9-7-20(8-10-21)12-13-5-6-19-16(18)11-13/h1-6,11H,7-10,12H2,(H2,18,19). The van der Waals surface area contributed by atoms with Crippen LogP contribution in [0.3, 0.4) is 0 Å². The molecule has 2 heterocycles. The highest BCUT2D eigenvalue weighted by molar-refractivity contribution is 5.48. The van der Waals surface area contributed by atoms with Crippen molar-refractivity contribution in [2.45, 2.75) is 6.54 Å². The molecule has 0 atom stereocenters. The van der Waals surface area contributed by atoms with Crippen molar-refractivity contribution in [2.75, 3.05) is 36.8 Å². The second-order valence-corrected chi connectivity index (χ2v) is 5.30. The Bertz CT molecular complexity index is 609. The molecule has 110 valence electrons. The maximum Gasteiger partial charge on any atom is 0.146 e. The average Bonchev–Trinajstić information content (AvgIpc) is 2.49. The highest BCUT2D eigenvalue weighted by Gasteiger charge is 2.19. The van der Waals surface area contributed by atoms with Crippen LogP contribution in [0.25, 0.3) is 0 Å². The lowest BCUT2D eigenvalue weighted by atomic mass is 10.2. The number of rotatable bonds is 3. The van der Waals surface area contributed by atoms with Gasteiger partial charge in [0.15, 0.2) is 0 Å². The van der Waals surface area contributed by atoms with Gasteiger partial charge in [0.25, 0.3) is 0 Å². The van der Waals surface area contributed by atoms with Gasteiger partial charge in [0.2, 0.25) is 0 Å². The van der Waals surface area contributed by atoms with Gasteiger partial charge < -0.3 is 10.6 Å². The Morgan fingerprint density at radius 1 is 1.10 bits per heavy atom. The molecule has 21 heavy (non-hydrogen) atoms. The second kappa shape index (κ2) is 6.10. The van der Waals surface area contributed by atoms with E-state index < -0.39 is 0 Å². The molecule has 1 aromatic heterocycles. The van der Waals surface area contributed by atoms with Gasteiger partial charge in [-0.3, -0.25) is 4.90 Å². The number of pyridine rings is 1. The van der Waals surface area contributed by atoms with Gasteiger partial charge in [-0.25, -0.2) is 9.37 Å². The SMILES string of the molecule is Nc1cc(CN2CCN(c3ccccc3F)CC2)ccn1. The maximum atomic E-state index is 13.8. The Morgan fingerprint density at radius 2 is 1.86 bits per heavy atom. The van der Waals surface area contributed by atoms with Crippen LogP contribution in [-0.4, -0.2) is 36.1 Å². The average molecular weight is 286 g/mol. The molecule has 0 bridgehead atoms. The molecular weight excluding hydrogens is 267 g/mol. The Labute approximate surface area is 124 Å². The highest BCUT2D eigenvalue weighted by Crippen LogP contribution is 2.20. The molecule has 3 rings (SSSR count). The molecular formula is C16H19FN4. The number of aromatic nitrogens is 1. The quantitative estimate of drug-likeness (QED) is 0.939. The van der Waals surface area contributed by atoms with E-state index in [1.54, 1.807) is 12.3 Å². The van der Waals surface area contributed by atoms with Crippen LogP contribution >= 0.6 is 0 Å². The van der Waals surface area contributed by atoms with Crippen molar-refractivity contribution >= 4 is 11.5 Å². The summed E-state index contributed by atoms with van der Waals surface area (Å²) in [6, 6.07) is 10.9. The summed E-state index contributed by atoms with van der Waals surface area (Å²) in [4.78, 5) is 8.46. The number of nitrogens with zero attached hydrogens (tertiary/aromatic N) is 3. The van der Waals surface area contributed by atoms with Crippen LogP contribution in [0.4, 0.5) is 15.9 Å². The molecule has 0 saturated carbocycles. The molecule has 1 aromatic carbocycles. The van der Waals surface area contributed by atoms with Crippen molar-refractivity contribution in [2.24, 2.45) is 0 Å². The summed E-state index contributed by atoms with van der Waals surface area (Å²) < 4.78 is 13.8. The second-order valence-electron chi connectivity index (χ2n) is 5.30. The highest BCUT2D eigenvalue weighted by atomic mass is 19.1. The van der Waals surface area contributed by atoms with Crippen LogP contribution in [0.5, 0.6) is 0 Å². The van der Waals surface area contributed by atoms with Crippen molar-refractivity contribution in [1.82, 2.24) is 9.88 Å². The predicted octanol–water partition coefficient (Wildman–Crippen LogP) is 2.13. The van der Waals surface area contributed by atoms with E-state index in [1.807, 2.05) is 24.3 Å². The smallest absolute Gasteiger partial charge is 0.146 e. The van der Waals surface area contributed by atoms with Crippen LogP contribution in [-0.2, 0) is 6.54 Å². The Hall–Kier alpha value is -2.14. The lowest BCUT2D eigenvalue weighted by Crippen LogP contribution is -2.46. The summed E-state index contributed by atoms with van der Waals surface area (Å²) in [6.07, 6.45) is 1.74. The molecule has 0 aliphatic carbocycles. The zero-order valence-electron chi connectivity index (χ0n) is 11.9. The van der Waals surface area contributed by atoms with Gasteiger partial charge in [0.05, 0.1) is 5.69 Å². The first-order chi connectivity index (χ1) is 10.2. The van der Waals surface area contributed by atoms with Gasteiger partial charge in [-0.15, -0.1) is 0 Å². The van der Waals surface area contributed by atoms with Gasteiger partial charge in [0.1, 0.15) is 11.6 Å².